The summed E-state index contributed by atoms with van der Waals surface area (Å²) in [6.45, 7) is 7.37. The minimum atomic E-state index is -0.0981. The first kappa shape index (κ1) is 18.9. The van der Waals surface area contributed by atoms with Gasteiger partial charge in [0.25, 0.3) is 5.91 Å². The van der Waals surface area contributed by atoms with Crippen molar-refractivity contribution < 1.29 is 4.79 Å². The molecule has 0 spiro atoms. The molecule has 3 heterocycles. The van der Waals surface area contributed by atoms with Crippen LogP contribution in [0.2, 0.25) is 0 Å². The molecule has 0 bridgehead atoms. The van der Waals surface area contributed by atoms with Crippen LogP contribution in [0.3, 0.4) is 0 Å². The summed E-state index contributed by atoms with van der Waals surface area (Å²) in [5, 5.41) is 11.8. The van der Waals surface area contributed by atoms with Gasteiger partial charge in [0.15, 0.2) is 5.69 Å². The topological polar surface area (TPSA) is 92.1 Å². The quantitative estimate of drug-likeness (QED) is 0.707. The van der Waals surface area contributed by atoms with E-state index in [4.69, 9.17) is 0 Å². The van der Waals surface area contributed by atoms with Crippen LogP contribution in [0.4, 0.5) is 11.6 Å². The Balaban J connectivity index is 1.41. The maximum absolute atomic E-state index is 12.8. The number of aromatic nitrogens is 5. The van der Waals surface area contributed by atoms with E-state index >= 15 is 0 Å². The van der Waals surface area contributed by atoms with E-state index in [-0.39, 0.29) is 5.91 Å². The lowest BCUT2D eigenvalue weighted by Gasteiger charge is -2.35. The third kappa shape index (κ3) is 4.18. The standard InChI is InChI=1S/C20H24N8O/c1-3-21-18-13-19(24-15(2)23-18)26-9-11-27(12-10-26)20(29)17-14-22-28(25-17)16-7-5-4-6-8-16/h4-8,13-14H,3,9-12H2,1-2H3,(H,21,23,24). The number of amides is 1. The van der Waals surface area contributed by atoms with Crippen LogP contribution in [0.5, 0.6) is 0 Å². The predicted octanol–water partition coefficient (Wildman–Crippen LogP) is 1.76. The molecule has 2 aromatic heterocycles. The fourth-order valence-corrected chi connectivity index (χ4v) is 3.33. The molecule has 9 heteroatoms. The summed E-state index contributed by atoms with van der Waals surface area (Å²) in [5.41, 5.74) is 1.18. The number of piperazine rings is 1. The summed E-state index contributed by atoms with van der Waals surface area (Å²) >= 11 is 0. The van der Waals surface area contributed by atoms with E-state index in [1.54, 1.807) is 0 Å². The van der Waals surface area contributed by atoms with Crippen molar-refractivity contribution >= 4 is 17.5 Å². The maximum Gasteiger partial charge on any atom is 0.276 e. The number of hydrogen-bond donors (Lipinski definition) is 1. The van der Waals surface area contributed by atoms with Gasteiger partial charge < -0.3 is 15.1 Å². The molecule has 0 unspecified atom stereocenters. The first-order valence-electron chi connectivity index (χ1n) is 9.75. The lowest BCUT2D eigenvalue weighted by molar-refractivity contribution is 0.0740. The van der Waals surface area contributed by atoms with Gasteiger partial charge in [-0.25, -0.2) is 9.97 Å². The Morgan fingerprint density at radius 1 is 1.10 bits per heavy atom. The molecule has 1 aliphatic rings. The molecule has 1 fully saturated rings. The number of aryl methyl sites for hydroxylation is 1. The van der Waals surface area contributed by atoms with Gasteiger partial charge >= 0.3 is 0 Å². The number of carbonyl (C=O) groups excluding carboxylic acids is 1. The summed E-state index contributed by atoms with van der Waals surface area (Å²) in [4.78, 5) is 27.3. The number of benzene rings is 1. The number of hydrogen-bond acceptors (Lipinski definition) is 7. The van der Waals surface area contributed by atoms with E-state index in [9.17, 15) is 4.79 Å². The molecular formula is C20H24N8O. The van der Waals surface area contributed by atoms with Crippen LogP contribution in [0.25, 0.3) is 5.69 Å². The van der Waals surface area contributed by atoms with Crippen LogP contribution >= 0.6 is 0 Å². The van der Waals surface area contributed by atoms with E-state index in [1.807, 2.05) is 55.1 Å². The van der Waals surface area contributed by atoms with Gasteiger partial charge in [-0.2, -0.15) is 9.90 Å². The summed E-state index contributed by atoms with van der Waals surface area (Å²) < 4.78 is 0. The molecule has 0 saturated carbocycles. The van der Waals surface area contributed by atoms with E-state index in [2.05, 4.69) is 30.4 Å². The Labute approximate surface area is 169 Å². The van der Waals surface area contributed by atoms with Crippen LogP contribution in [0.1, 0.15) is 23.2 Å². The fourth-order valence-electron chi connectivity index (χ4n) is 3.33. The van der Waals surface area contributed by atoms with Crippen molar-refractivity contribution in [1.82, 2.24) is 29.9 Å². The molecule has 29 heavy (non-hydrogen) atoms. The molecule has 0 atom stereocenters. The number of rotatable bonds is 5. The highest BCUT2D eigenvalue weighted by molar-refractivity contribution is 5.92. The second-order valence-electron chi connectivity index (χ2n) is 6.82. The summed E-state index contributed by atoms with van der Waals surface area (Å²) in [7, 11) is 0. The lowest BCUT2D eigenvalue weighted by Crippen LogP contribution is -2.49. The zero-order valence-electron chi connectivity index (χ0n) is 16.6. The second kappa shape index (κ2) is 8.26. The minimum Gasteiger partial charge on any atom is -0.370 e. The molecule has 150 valence electrons. The number of carbonyl (C=O) groups is 1. The Morgan fingerprint density at radius 3 is 2.59 bits per heavy atom. The van der Waals surface area contributed by atoms with Gasteiger partial charge in [-0.05, 0) is 26.0 Å². The molecule has 1 aliphatic heterocycles. The van der Waals surface area contributed by atoms with E-state index in [0.29, 0.717) is 31.9 Å². The van der Waals surface area contributed by atoms with Crippen molar-refractivity contribution in [3.8, 4) is 5.69 Å². The third-order valence-electron chi connectivity index (χ3n) is 4.77. The zero-order valence-corrected chi connectivity index (χ0v) is 16.6. The van der Waals surface area contributed by atoms with Crippen LogP contribution < -0.4 is 10.2 Å². The fraction of sp³-hybridized carbons (Fsp3) is 0.350. The van der Waals surface area contributed by atoms with Crippen molar-refractivity contribution in [3.63, 3.8) is 0 Å². The summed E-state index contributed by atoms with van der Waals surface area (Å²) in [6.07, 6.45) is 1.53. The Hall–Kier alpha value is -3.49. The highest BCUT2D eigenvalue weighted by atomic mass is 16.2. The minimum absolute atomic E-state index is 0.0981. The van der Waals surface area contributed by atoms with Crippen molar-refractivity contribution in [2.45, 2.75) is 13.8 Å². The van der Waals surface area contributed by atoms with Crippen molar-refractivity contribution in [2.75, 3.05) is 42.9 Å². The number of anilines is 2. The Morgan fingerprint density at radius 2 is 1.86 bits per heavy atom. The number of nitrogens with one attached hydrogen (secondary N) is 1. The van der Waals surface area contributed by atoms with Crippen molar-refractivity contribution in [1.29, 1.82) is 0 Å². The summed E-state index contributed by atoms with van der Waals surface area (Å²) in [6, 6.07) is 11.5. The van der Waals surface area contributed by atoms with Gasteiger partial charge in [-0.1, -0.05) is 18.2 Å². The molecular weight excluding hydrogens is 368 g/mol. The van der Waals surface area contributed by atoms with Crippen molar-refractivity contribution in [2.24, 2.45) is 0 Å². The van der Waals surface area contributed by atoms with Crippen molar-refractivity contribution in [3.05, 3.63) is 54.1 Å². The summed E-state index contributed by atoms with van der Waals surface area (Å²) in [5.74, 6) is 2.34. The van der Waals surface area contributed by atoms with E-state index in [0.717, 1.165) is 29.7 Å². The first-order valence-corrected chi connectivity index (χ1v) is 9.75. The monoisotopic (exact) mass is 392 g/mol. The SMILES string of the molecule is CCNc1cc(N2CCN(C(=O)c3cnn(-c4ccccc4)n3)CC2)nc(C)n1. The first-order chi connectivity index (χ1) is 14.1. The molecule has 0 aliphatic carbocycles. The molecule has 1 aromatic carbocycles. The number of para-hydroxylation sites is 1. The van der Waals surface area contributed by atoms with Crippen LogP contribution in [0, 0.1) is 6.92 Å². The Bertz CT molecular complexity index is 979. The average Bonchev–Trinajstić information content (AvgIpc) is 3.24. The zero-order chi connectivity index (χ0) is 20.2. The van der Waals surface area contributed by atoms with Gasteiger partial charge in [0.2, 0.25) is 0 Å². The third-order valence-corrected chi connectivity index (χ3v) is 4.77. The highest BCUT2D eigenvalue weighted by Gasteiger charge is 2.25. The maximum atomic E-state index is 12.8. The largest absolute Gasteiger partial charge is 0.370 e. The lowest BCUT2D eigenvalue weighted by atomic mass is 10.2. The molecule has 0 radical (unpaired) electrons. The second-order valence-corrected chi connectivity index (χ2v) is 6.82. The molecule has 1 amide bonds. The molecule has 1 N–H and O–H groups in total. The van der Waals surface area contributed by atoms with Gasteiger partial charge in [-0.3, -0.25) is 4.79 Å². The van der Waals surface area contributed by atoms with E-state index < -0.39 is 0 Å². The average molecular weight is 392 g/mol. The molecule has 1 saturated heterocycles. The predicted molar refractivity (Wildman–Crippen MR) is 110 cm³/mol. The highest BCUT2D eigenvalue weighted by Crippen LogP contribution is 2.18. The van der Waals surface area contributed by atoms with E-state index in [1.165, 1.54) is 11.0 Å². The van der Waals surface area contributed by atoms with Crippen LogP contribution in [-0.2, 0) is 0 Å². The number of nitrogens with zero attached hydrogens (tertiary/aromatic N) is 7. The molecule has 3 aromatic rings. The normalized spacial score (nSPS) is 14.1. The van der Waals surface area contributed by atoms with Crippen LogP contribution in [-0.4, -0.2) is 68.5 Å². The van der Waals surface area contributed by atoms with Gasteiger partial charge in [0, 0.05) is 38.8 Å². The van der Waals surface area contributed by atoms with Gasteiger partial charge in [0.05, 0.1) is 11.9 Å². The van der Waals surface area contributed by atoms with Gasteiger partial charge in [0.1, 0.15) is 17.5 Å². The smallest absolute Gasteiger partial charge is 0.276 e. The molecule has 4 rings (SSSR count). The van der Waals surface area contributed by atoms with Gasteiger partial charge in [-0.15, -0.1) is 5.10 Å². The molecule has 9 nitrogen and oxygen atoms in total. The Kier molecular flexibility index (Phi) is 5.37. The van der Waals surface area contributed by atoms with Crippen LogP contribution in [0.15, 0.2) is 42.6 Å².